The molecule has 2 amide bonds. The summed E-state index contributed by atoms with van der Waals surface area (Å²) in [5.74, 6) is 0.767. The van der Waals surface area contributed by atoms with E-state index in [1.54, 1.807) is 24.3 Å². The van der Waals surface area contributed by atoms with Gasteiger partial charge in [-0.15, -0.1) is 0 Å². The Bertz CT molecular complexity index is 752. The molecule has 144 valence electrons. The molecule has 5 nitrogen and oxygen atoms in total. The van der Waals surface area contributed by atoms with Crippen molar-refractivity contribution in [3.8, 4) is 5.75 Å². The Morgan fingerprint density at radius 1 is 0.926 bits per heavy atom. The second-order valence-electron chi connectivity index (χ2n) is 7.04. The zero-order valence-electron chi connectivity index (χ0n) is 16.4. The third-order valence-electron chi connectivity index (χ3n) is 3.99. The summed E-state index contributed by atoms with van der Waals surface area (Å²) in [6.07, 6.45) is 0.467. The minimum absolute atomic E-state index is 0.0145. The summed E-state index contributed by atoms with van der Waals surface area (Å²) in [4.78, 5) is 24.3. The van der Waals surface area contributed by atoms with Gasteiger partial charge in [0.05, 0.1) is 0 Å². The number of carbonyl (C=O) groups excluding carboxylic acids is 2. The van der Waals surface area contributed by atoms with Gasteiger partial charge in [0, 0.05) is 17.8 Å². The minimum atomic E-state index is -0.571. The van der Waals surface area contributed by atoms with Crippen molar-refractivity contribution >= 4 is 23.2 Å². The molecule has 0 aliphatic heterocycles. The third-order valence-corrected chi connectivity index (χ3v) is 3.99. The van der Waals surface area contributed by atoms with Gasteiger partial charge in [0.15, 0.2) is 6.10 Å². The highest BCUT2D eigenvalue weighted by molar-refractivity contribution is 5.95. The molecule has 27 heavy (non-hydrogen) atoms. The van der Waals surface area contributed by atoms with Crippen molar-refractivity contribution in [2.75, 3.05) is 10.6 Å². The lowest BCUT2D eigenvalue weighted by molar-refractivity contribution is -0.122. The van der Waals surface area contributed by atoms with Gasteiger partial charge in [-0.25, -0.2) is 0 Å². The second kappa shape index (κ2) is 9.76. The number of benzene rings is 2. The van der Waals surface area contributed by atoms with Crippen LogP contribution in [0.1, 0.15) is 39.2 Å². The summed E-state index contributed by atoms with van der Waals surface area (Å²) >= 11 is 0. The standard InChI is InChI=1S/C22H28N2O3/c1-5-20(27-19-12-6-16(4)7-13-19)22(26)24-18-10-8-17(9-11-18)23-21(25)14-15(2)3/h6-13,15,20H,5,14H2,1-4H3,(H,23,25)(H,24,26). The molecule has 2 N–H and O–H groups in total. The number of carbonyl (C=O) groups is 2. The normalized spacial score (nSPS) is 11.7. The van der Waals surface area contributed by atoms with Gasteiger partial charge < -0.3 is 15.4 Å². The molecule has 0 saturated carbocycles. The van der Waals surface area contributed by atoms with Crippen LogP contribution in [-0.2, 0) is 9.59 Å². The highest BCUT2D eigenvalue weighted by Crippen LogP contribution is 2.18. The lowest BCUT2D eigenvalue weighted by atomic mass is 10.1. The van der Waals surface area contributed by atoms with Gasteiger partial charge in [-0.3, -0.25) is 9.59 Å². The Labute approximate surface area is 161 Å². The summed E-state index contributed by atoms with van der Waals surface area (Å²) in [6.45, 7) is 7.91. The van der Waals surface area contributed by atoms with Crippen molar-refractivity contribution in [2.45, 2.75) is 46.6 Å². The first-order chi connectivity index (χ1) is 12.9. The minimum Gasteiger partial charge on any atom is -0.481 e. The predicted octanol–water partition coefficient (Wildman–Crippen LogP) is 4.78. The van der Waals surface area contributed by atoms with Crippen molar-refractivity contribution < 1.29 is 14.3 Å². The lowest BCUT2D eigenvalue weighted by Gasteiger charge is -2.17. The van der Waals surface area contributed by atoms with Crippen molar-refractivity contribution in [1.82, 2.24) is 0 Å². The molecule has 1 atom stereocenters. The number of hydrogen-bond donors (Lipinski definition) is 2. The van der Waals surface area contributed by atoms with E-state index in [-0.39, 0.29) is 11.8 Å². The largest absolute Gasteiger partial charge is 0.481 e. The van der Waals surface area contributed by atoms with E-state index >= 15 is 0 Å². The highest BCUT2D eigenvalue weighted by Gasteiger charge is 2.18. The van der Waals surface area contributed by atoms with Gasteiger partial charge in [-0.2, -0.15) is 0 Å². The van der Waals surface area contributed by atoms with Crippen molar-refractivity contribution in [3.05, 3.63) is 54.1 Å². The number of aryl methyl sites for hydroxylation is 1. The molecule has 1 unspecified atom stereocenters. The number of nitrogens with one attached hydrogen (secondary N) is 2. The van der Waals surface area contributed by atoms with E-state index in [0.717, 1.165) is 5.56 Å². The first-order valence-corrected chi connectivity index (χ1v) is 9.31. The Morgan fingerprint density at radius 3 is 2.00 bits per heavy atom. The molecule has 0 fully saturated rings. The quantitative estimate of drug-likeness (QED) is 0.705. The van der Waals surface area contributed by atoms with Crippen LogP contribution in [0.3, 0.4) is 0 Å². The molecule has 0 bridgehead atoms. The topological polar surface area (TPSA) is 67.4 Å². The lowest BCUT2D eigenvalue weighted by Crippen LogP contribution is -2.32. The molecule has 0 aromatic heterocycles. The van der Waals surface area contributed by atoms with E-state index in [1.807, 2.05) is 52.0 Å². The van der Waals surface area contributed by atoms with Gasteiger partial charge in [0.1, 0.15) is 5.75 Å². The molecule has 0 radical (unpaired) electrons. The van der Waals surface area contributed by atoms with Crippen molar-refractivity contribution in [1.29, 1.82) is 0 Å². The first-order valence-electron chi connectivity index (χ1n) is 9.31. The summed E-state index contributed by atoms with van der Waals surface area (Å²) < 4.78 is 5.80. The third kappa shape index (κ3) is 6.77. The van der Waals surface area contributed by atoms with Crippen LogP contribution in [-0.4, -0.2) is 17.9 Å². The molecule has 2 rings (SSSR count). The molecule has 2 aromatic carbocycles. The van der Waals surface area contributed by atoms with Crippen LogP contribution in [0.4, 0.5) is 11.4 Å². The number of rotatable bonds is 8. The maximum absolute atomic E-state index is 12.5. The van der Waals surface area contributed by atoms with Crippen molar-refractivity contribution in [2.24, 2.45) is 5.92 Å². The van der Waals surface area contributed by atoms with Crippen LogP contribution < -0.4 is 15.4 Å². The highest BCUT2D eigenvalue weighted by atomic mass is 16.5. The van der Waals surface area contributed by atoms with Gasteiger partial charge >= 0.3 is 0 Å². The summed E-state index contributed by atoms with van der Waals surface area (Å²) in [5.41, 5.74) is 2.51. The molecule has 0 saturated heterocycles. The van der Waals surface area contributed by atoms with E-state index in [4.69, 9.17) is 4.74 Å². The summed E-state index contributed by atoms with van der Waals surface area (Å²) in [6, 6.07) is 14.7. The fraction of sp³-hybridized carbons (Fsp3) is 0.364. The smallest absolute Gasteiger partial charge is 0.265 e. The Balaban J connectivity index is 1.93. The van der Waals surface area contributed by atoms with Crippen LogP contribution in [0.25, 0.3) is 0 Å². The monoisotopic (exact) mass is 368 g/mol. The fourth-order valence-corrected chi connectivity index (χ4v) is 2.55. The maximum atomic E-state index is 12.5. The Kier molecular flexibility index (Phi) is 7.41. The number of amides is 2. The Hall–Kier alpha value is -2.82. The van der Waals surface area contributed by atoms with Gasteiger partial charge in [-0.1, -0.05) is 38.5 Å². The SMILES string of the molecule is CCC(Oc1ccc(C)cc1)C(=O)Nc1ccc(NC(=O)CC(C)C)cc1. The van der Waals surface area contributed by atoms with Crippen LogP contribution in [0.15, 0.2) is 48.5 Å². The van der Waals surface area contributed by atoms with Crippen molar-refractivity contribution in [3.63, 3.8) is 0 Å². The molecular formula is C22H28N2O3. The molecule has 0 spiro atoms. The number of hydrogen-bond acceptors (Lipinski definition) is 3. The molecule has 0 aliphatic rings. The van der Waals surface area contributed by atoms with E-state index < -0.39 is 6.10 Å². The van der Waals surface area contributed by atoms with Crippen LogP contribution in [0, 0.1) is 12.8 Å². The van der Waals surface area contributed by atoms with Gasteiger partial charge in [0.2, 0.25) is 5.91 Å². The van der Waals surface area contributed by atoms with Gasteiger partial charge in [0.25, 0.3) is 5.91 Å². The molecule has 0 heterocycles. The van der Waals surface area contributed by atoms with E-state index in [1.165, 1.54) is 0 Å². The number of ether oxygens (including phenoxy) is 1. The molecule has 5 heteroatoms. The second-order valence-corrected chi connectivity index (χ2v) is 7.04. The number of anilines is 2. The summed E-state index contributed by atoms with van der Waals surface area (Å²) in [5, 5.41) is 5.71. The predicted molar refractivity (Wildman–Crippen MR) is 109 cm³/mol. The molecule has 0 aliphatic carbocycles. The van der Waals surface area contributed by atoms with Crippen LogP contribution in [0.5, 0.6) is 5.75 Å². The molecular weight excluding hydrogens is 340 g/mol. The summed E-state index contributed by atoms with van der Waals surface area (Å²) in [7, 11) is 0. The first kappa shape index (κ1) is 20.5. The van der Waals surface area contributed by atoms with Crippen LogP contribution >= 0.6 is 0 Å². The molecule has 2 aromatic rings. The maximum Gasteiger partial charge on any atom is 0.265 e. The average Bonchev–Trinajstić information content (AvgIpc) is 2.62. The van der Waals surface area contributed by atoms with E-state index in [2.05, 4.69) is 10.6 Å². The van der Waals surface area contributed by atoms with Gasteiger partial charge in [-0.05, 0) is 55.7 Å². The van der Waals surface area contributed by atoms with E-state index in [0.29, 0.717) is 35.9 Å². The average molecular weight is 368 g/mol. The zero-order chi connectivity index (χ0) is 19.8. The fourth-order valence-electron chi connectivity index (χ4n) is 2.55. The zero-order valence-corrected chi connectivity index (χ0v) is 16.4. The van der Waals surface area contributed by atoms with E-state index in [9.17, 15) is 9.59 Å². The Morgan fingerprint density at radius 2 is 1.48 bits per heavy atom. The van der Waals surface area contributed by atoms with Crippen LogP contribution in [0.2, 0.25) is 0 Å².